The highest BCUT2D eigenvalue weighted by atomic mass is 32.2. The van der Waals surface area contributed by atoms with Crippen LogP contribution in [-0.2, 0) is 14.8 Å². The van der Waals surface area contributed by atoms with Gasteiger partial charge in [0.2, 0.25) is 10.0 Å². The molecule has 1 heterocycles. The first-order valence-electron chi connectivity index (χ1n) is 7.86. The van der Waals surface area contributed by atoms with Crippen LogP contribution in [0.4, 0.5) is 11.4 Å². The molecular weight excluding hydrogens is 342 g/mol. The van der Waals surface area contributed by atoms with E-state index in [4.69, 9.17) is 4.74 Å². The summed E-state index contributed by atoms with van der Waals surface area (Å²) in [5, 5.41) is 17.8. The Kier molecular flexibility index (Phi) is 5.12. The molecule has 2 aromatic rings. The molecule has 3 rings (SSSR count). The number of aryl methyl sites for hydroxylation is 1. The minimum absolute atomic E-state index is 0.0425. The molecule has 7 nitrogen and oxygen atoms in total. The summed E-state index contributed by atoms with van der Waals surface area (Å²) in [6, 6.07) is 11.2. The Morgan fingerprint density at radius 1 is 1.04 bits per heavy atom. The second-order valence-electron chi connectivity index (χ2n) is 5.70. The van der Waals surface area contributed by atoms with Crippen molar-refractivity contribution in [3.8, 4) is 5.75 Å². The number of morpholine rings is 1. The number of sulfonamides is 1. The Labute approximate surface area is 146 Å². The number of rotatable bonds is 4. The Hall–Kier alpha value is -2.29. The lowest BCUT2D eigenvalue weighted by molar-refractivity contribution is 0.0730. The van der Waals surface area contributed by atoms with Crippen LogP contribution in [0.25, 0.3) is 0 Å². The van der Waals surface area contributed by atoms with Gasteiger partial charge in [-0.1, -0.05) is 6.07 Å². The predicted molar refractivity (Wildman–Crippen MR) is 93.0 cm³/mol. The van der Waals surface area contributed by atoms with E-state index in [0.29, 0.717) is 37.7 Å². The molecule has 0 radical (unpaired) electrons. The first-order valence-corrected chi connectivity index (χ1v) is 9.30. The second kappa shape index (κ2) is 7.30. The molecule has 2 aromatic carbocycles. The van der Waals surface area contributed by atoms with Gasteiger partial charge in [-0.05, 0) is 48.9 Å². The number of benzene rings is 2. The number of hydrogen-bond donors (Lipinski definition) is 1. The van der Waals surface area contributed by atoms with Crippen molar-refractivity contribution in [1.82, 2.24) is 4.31 Å². The van der Waals surface area contributed by atoms with Crippen LogP contribution >= 0.6 is 0 Å². The molecule has 0 aliphatic carbocycles. The average molecular weight is 361 g/mol. The molecular formula is C17H19N3O4S. The standard InChI is InChI=1S/C17H19N3O4S/c1-13-2-7-17(21)16(12-13)19-18-14-3-5-15(6-4-14)25(22,23)20-8-10-24-11-9-20/h2-7,12,21H,8-11H2,1H3. The zero-order chi connectivity index (χ0) is 17.9. The van der Waals surface area contributed by atoms with Gasteiger partial charge in [-0.15, -0.1) is 5.11 Å². The predicted octanol–water partition coefficient (Wildman–Crippen LogP) is 3.14. The van der Waals surface area contributed by atoms with Crippen LogP contribution in [-0.4, -0.2) is 44.1 Å². The molecule has 0 spiro atoms. The zero-order valence-electron chi connectivity index (χ0n) is 13.8. The van der Waals surface area contributed by atoms with E-state index in [2.05, 4.69) is 10.2 Å². The molecule has 1 fully saturated rings. The fourth-order valence-corrected chi connectivity index (χ4v) is 3.85. The summed E-state index contributed by atoms with van der Waals surface area (Å²) in [6.45, 7) is 3.42. The molecule has 0 aromatic heterocycles. The third-order valence-electron chi connectivity index (χ3n) is 3.85. The van der Waals surface area contributed by atoms with Gasteiger partial charge < -0.3 is 9.84 Å². The lowest BCUT2D eigenvalue weighted by atomic mass is 10.2. The van der Waals surface area contributed by atoms with Crippen LogP contribution in [0.3, 0.4) is 0 Å². The molecule has 1 N–H and O–H groups in total. The summed E-state index contributed by atoms with van der Waals surface area (Å²) in [5.41, 5.74) is 1.82. The minimum Gasteiger partial charge on any atom is -0.506 e. The minimum atomic E-state index is -3.52. The summed E-state index contributed by atoms with van der Waals surface area (Å²) in [6.07, 6.45) is 0. The molecule has 0 unspecified atom stereocenters. The summed E-state index contributed by atoms with van der Waals surface area (Å²) >= 11 is 0. The normalized spacial score (nSPS) is 16.4. The van der Waals surface area contributed by atoms with Crippen molar-refractivity contribution in [3.05, 3.63) is 48.0 Å². The van der Waals surface area contributed by atoms with Gasteiger partial charge in [-0.2, -0.15) is 9.42 Å². The van der Waals surface area contributed by atoms with E-state index in [1.165, 1.54) is 16.4 Å². The summed E-state index contributed by atoms with van der Waals surface area (Å²) in [5.74, 6) is 0.0425. The maximum absolute atomic E-state index is 12.5. The van der Waals surface area contributed by atoms with Crippen molar-refractivity contribution >= 4 is 21.4 Å². The van der Waals surface area contributed by atoms with Gasteiger partial charge in [-0.25, -0.2) is 8.42 Å². The molecule has 0 atom stereocenters. The highest BCUT2D eigenvalue weighted by molar-refractivity contribution is 7.89. The van der Waals surface area contributed by atoms with Gasteiger partial charge >= 0.3 is 0 Å². The molecule has 1 saturated heterocycles. The molecule has 1 aliphatic heterocycles. The summed E-state index contributed by atoms with van der Waals surface area (Å²) < 4.78 is 31.7. The number of phenolic OH excluding ortho intramolecular Hbond substituents is 1. The van der Waals surface area contributed by atoms with Gasteiger partial charge in [0.05, 0.1) is 23.8 Å². The molecule has 0 amide bonds. The number of aromatic hydroxyl groups is 1. The van der Waals surface area contributed by atoms with E-state index in [1.54, 1.807) is 30.3 Å². The smallest absolute Gasteiger partial charge is 0.243 e. The topological polar surface area (TPSA) is 91.6 Å². The summed E-state index contributed by atoms with van der Waals surface area (Å²) in [4.78, 5) is 0.215. The van der Waals surface area contributed by atoms with Crippen LogP contribution in [0.1, 0.15) is 5.56 Å². The number of nitrogens with zero attached hydrogens (tertiary/aromatic N) is 3. The van der Waals surface area contributed by atoms with E-state index < -0.39 is 10.0 Å². The van der Waals surface area contributed by atoms with E-state index in [9.17, 15) is 13.5 Å². The fourth-order valence-electron chi connectivity index (χ4n) is 2.45. The van der Waals surface area contributed by atoms with Crippen LogP contribution in [0.15, 0.2) is 57.6 Å². The van der Waals surface area contributed by atoms with Gasteiger partial charge in [0, 0.05) is 13.1 Å². The largest absolute Gasteiger partial charge is 0.506 e. The Morgan fingerprint density at radius 2 is 1.72 bits per heavy atom. The van der Waals surface area contributed by atoms with Crippen LogP contribution in [0.5, 0.6) is 5.75 Å². The van der Waals surface area contributed by atoms with Crippen molar-refractivity contribution in [1.29, 1.82) is 0 Å². The fraction of sp³-hybridized carbons (Fsp3) is 0.294. The SMILES string of the molecule is Cc1ccc(O)c(N=Nc2ccc(S(=O)(=O)N3CCOCC3)cc2)c1. The third-order valence-corrected chi connectivity index (χ3v) is 5.76. The van der Waals surface area contributed by atoms with Crippen LogP contribution < -0.4 is 0 Å². The first-order chi connectivity index (χ1) is 12.0. The van der Waals surface area contributed by atoms with E-state index in [1.807, 2.05) is 6.92 Å². The highest BCUT2D eigenvalue weighted by Gasteiger charge is 2.26. The lowest BCUT2D eigenvalue weighted by Gasteiger charge is -2.25. The van der Waals surface area contributed by atoms with Crippen molar-refractivity contribution in [2.75, 3.05) is 26.3 Å². The number of phenols is 1. The number of azo groups is 1. The number of ether oxygens (including phenoxy) is 1. The van der Waals surface area contributed by atoms with E-state index in [-0.39, 0.29) is 10.6 Å². The van der Waals surface area contributed by atoms with Gasteiger partial charge in [0.15, 0.2) is 0 Å². The quantitative estimate of drug-likeness (QED) is 0.847. The van der Waals surface area contributed by atoms with E-state index >= 15 is 0 Å². The van der Waals surface area contributed by atoms with Crippen LogP contribution in [0.2, 0.25) is 0 Å². The van der Waals surface area contributed by atoms with Gasteiger partial charge in [0.25, 0.3) is 0 Å². The third kappa shape index (κ3) is 4.04. The van der Waals surface area contributed by atoms with Gasteiger partial charge in [-0.3, -0.25) is 0 Å². The van der Waals surface area contributed by atoms with Crippen LogP contribution in [0, 0.1) is 6.92 Å². The monoisotopic (exact) mass is 361 g/mol. The Bertz CT molecular complexity index is 873. The molecule has 1 aliphatic rings. The van der Waals surface area contributed by atoms with E-state index in [0.717, 1.165) is 5.56 Å². The Morgan fingerprint density at radius 3 is 2.40 bits per heavy atom. The van der Waals surface area contributed by atoms with Crippen molar-refractivity contribution in [2.45, 2.75) is 11.8 Å². The molecule has 25 heavy (non-hydrogen) atoms. The highest BCUT2D eigenvalue weighted by Crippen LogP contribution is 2.29. The van der Waals surface area contributed by atoms with Crippen molar-refractivity contribution in [3.63, 3.8) is 0 Å². The molecule has 0 saturated carbocycles. The number of hydrogen-bond acceptors (Lipinski definition) is 6. The molecule has 8 heteroatoms. The maximum atomic E-state index is 12.5. The van der Waals surface area contributed by atoms with Crippen molar-refractivity contribution < 1.29 is 18.3 Å². The Balaban J connectivity index is 1.78. The maximum Gasteiger partial charge on any atom is 0.243 e. The second-order valence-corrected chi connectivity index (χ2v) is 7.64. The summed E-state index contributed by atoms with van der Waals surface area (Å²) in [7, 11) is -3.52. The lowest BCUT2D eigenvalue weighted by Crippen LogP contribution is -2.40. The average Bonchev–Trinajstić information content (AvgIpc) is 2.63. The first kappa shape index (κ1) is 17.5. The zero-order valence-corrected chi connectivity index (χ0v) is 14.6. The van der Waals surface area contributed by atoms with Gasteiger partial charge in [0.1, 0.15) is 11.4 Å². The van der Waals surface area contributed by atoms with Crippen molar-refractivity contribution in [2.24, 2.45) is 10.2 Å². The molecule has 0 bridgehead atoms. The molecule has 132 valence electrons.